The van der Waals surface area contributed by atoms with E-state index in [2.05, 4.69) is 35.8 Å². The van der Waals surface area contributed by atoms with Crippen LogP contribution in [0.3, 0.4) is 0 Å². The monoisotopic (exact) mass is 587 g/mol. The third-order valence-electron chi connectivity index (χ3n) is 6.95. The molecule has 0 bridgehead atoms. The molecule has 0 atom stereocenters. The molecule has 3 N–H and O–H groups in total. The minimum absolute atomic E-state index is 0.364. The molecule has 1 fully saturated rings. The fourth-order valence-corrected chi connectivity index (χ4v) is 5.83. The smallest absolute Gasteiger partial charge is 0.323 e. The van der Waals surface area contributed by atoms with Gasteiger partial charge in [0.2, 0.25) is 0 Å². The average Bonchev–Trinajstić information content (AvgIpc) is 3.64. The summed E-state index contributed by atoms with van der Waals surface area (Å²) in [6, 6.07) is 14.4. The van der Waals surface area contributed by atoms with E-state index in [9.17, 15) is 9.18 Å². The lowest BCUT2D eigenvalue weighted by Crippen LogP contribution is -2.21. The van der Waals surface area contributed by atoms with Gasteiger partial charge in [0, 0.05) is 29.4 Å². The quantitative estimate of drug-likeness (QED) is 0.156. The molecule has 2 aromatic heterocycles. The summed E-state index contributed by atoms with van der Waals surface area (Å²) in [6.07, 6.45) is 5.01. The Bertz CT molecular complexity index is 1720. The van der Waals surface area contributed by atoms with E-state index < -0.39 is 11.8 Å². The number of amides is 2. The Morgan fingerprint density at radius 1 is 1.00 bits per heavy atom. The Morgan fingerprint density at radius 3 is 2.64 bits per heavy atom. The summed E-state index contributed by atoms with van der Waals surface area (Å²) >= 11 is 1.42. The molecule has 6 rings (SSSR count). The average molecular weight is 588 g/mol. The van der Waals surface area contributed by atoms with Crippen molar-refractivity contribution in [2.45, 2.75) is 19.3 Å². The van der Waals surface area contributed by atoms with E-state index in [-0.39, 0.29) is 0 Å². The lowest BCUT2D eigenvalue weighted by molar-refractivity contribution is 0.254. The lowest BCUT2D eigenvalue weighted by Gasteiger charge is -2.16. The standard InChI is InChI=1S/C30H30FN7O3S/c1-40-25-16-22-24(17-26(25)41-13-5-12-38-10-2-3-11-38)32-18-33-28(22)37-30-36-23-9-8-21(15-27(23)42-30)35-29(39)34-20-7-4-6-19(31)14-20/h4,6-9,14-18H,2-3,5,10-13H2,1H3,(H2,34,35,39)(H,32,33,36,37). The number of rotatable bonds is 10. The summed E-state index contributed by atoms with van der Waals surface area (Å²) in [5.74, 6) is 1.42. The molecule has 2 amide bonds. The number of ether oxygens (including phenoxy) is 2. The largest absolute Gasteiger partial charge is 0.493 e. The van der Waals surface area contributed by atoms with E-state index >= 15 is 0 Å². The van der Waals surface area contributed by atoms with Gasteiger partial charge < -0.3 is 30.3 Å². The van der Waals surface area contributed by atoms with E-state index in [0.29, 0.717) is 40.4 Å². The summed E-state index contributed by atoms with van der Waals surface area (Å²) in [7, 11) is 1.62. The number of hydrogen-bond acceptors (Lipinski definition) is 9. The molecular formula is C30H30FN7O3S. The van der Waals surface area contributed by atoms with Crippen LogP contribution < -0.4 is 25.4 Å². The Morgan fingerprint density at radius 2 is 1.83 bits per heavy atom. The van der Waals surface area contributed by atoms with Gasteiger partial charge in [-0.1, -0.05) is 17.4 Å². The van der Waals surface area contributed by atoms with Crippen LogP contribution >= 0.6 is 11.3 Å². The second kappa shape index (κ2) is 12.5. The highest BCUT2D eigenvalue weighted by atomic mass is 32.1. The van der Waals surface area contributed by atoms with Gasteiger partial charge in [0.15, 0.2) is 16.6 Å². The first-order valence-corrected chi connectivity index (χ1v) is 14.5. The molecule has 216 valence electrons. The van der Waals surface area contributed by atoms with Crippen LogP contribution in [0.25, 0.3) is 21.1 Å². The Hall–Kier alpha value is -4.55. The molecule has 0 saturated carbocycles. The topological polar surface area (TPSA) is 114 Å². The summed E-state index contributed by atoms with van der Waals surface area (Å²) < 4.78 is 26.0. The van der Waals surface area contributed by atoms with Gasteiger partial charge in [0.1, 0.15) is 18.0 Å². The van der Waals surface area contributed by atoms with Crippen LogP contribution in [0.2, 0.25) is 0 Å². The zero-order valence-electron chi connectivity index (χ0n) is 23.0. The van der Waals surface area contributed by atoms with E-state index in [0.717, 1.165) is 34.1 Å². The number of fused-ring (bicyclic) bond motifs is 2. The number of likely N-dealkylation sites (tertiary alicyclic amines) is 1. The van der Waals surface area contributed by atoms with E-state index in [4.69, 9.17) is 9.47 Å². The fourth-order valence-electron chi connectivity index (χ4n) is 4.93. The lowest BCUT2D eigenvalue weighted by atomic mass is 10.2. The zero-order chi connectivity index (χ0) is 28.9. The Kier molecular flexibility index (Phi) is 8.24. The van der Waals surface area contributed by atoms with Crippen molar-refractivity contribution in [2.24, 2.45) is 0 Å². The second-order valence-electron chi connectivity index (χ2n) is 9.91. The molecule has 1 aliphatic rings. The Labute approximate surface area is 245 Å². The van der Waals surface area contributed by atoms with Gasteiger partial charge in [-0.25, -0.2) is 24.1 Å². The number of carbonyl (C=O) groups excluding carboxylic acids is 1. The van der Waals surface area contributed by atoms with Crippen molar-refractivity contribution in [2.75, 3.05) is 49.3 Å². The summed E-state index contributed by atoms with van der Waals surface area (Å²) in [5.41, 5.74) is 2.43. The van der Waals surface area contributed by atoms with Crippen molar-refractivity contribution < 1.29 is 18.7 Å². The number of anilines is 4. The number of thiazole rings is 1. The van der Waals surface area contributed by atoms with Gasteiger partial charge in [-0.2, -0.15) is 0 Å². The van der Waals surface area contributed by atoms with Crippen LogP contribution in [-0.2, 0) is 0 Å². The van der Waals surface area contributed by atoms with E-state index in [1.165, 1.54) is 61.8 Å². The normalized spacial score (nSPS) is 13.4. The molecule has 0 spiro atoms. The third-order valence-corrected chi connectivity index (χ3v) is 7.88. The predicted octanol–water partition coefficient (Wildman–Crippen LogP) is 6.64. The van der Waals surface area contributed by atoms with Crippen LogP contribution in [0.5, 0.6) is 11.5 Å². The van der Waals surface area contributed by atoms with Crippen molar-refractivity contribution in [3.8, 4) is 11.5 Å². The van der Waals surface area contributed by atoms with Crippen molar-refractivity contribution in [1.82, 2.24) is 19.9 Å². The van der Waals surface area contributed by atoms with Crippen LogP contribution in [-0.4, -0.2) is 59.2 Å². The third kappa shape index (κ3) is 6.50. The molecule has 5 aromatic rings. The van der Waals surface area contributed by atoms with Crippen LogP contribution in [0.4, 0.5) is 31.5 Å². The van der Waals surface area contributed by atoms with Gasteiger partial charge in [0.25, 0.3) is 0 Å². The first-order chi connectivity index (χ1) is 20.5. The van der Waals surface area contributed by atoms with Crippen LogP contribution in [0, 0.1) is 5.82 Å². The maximum atomic E-state index is 13.4. The second-order valence-corrected chi connectivity index (χ2v) is 10.9. The molecule has 0 aliphatic carbocycles. The number of halogens is 1. The number of aromatic nitrogens is 3. The van der Waals surface area contributed by atoms with Crippen LogP contribution in [0.1, 0.15) is 19.3 Å². The predicted molar refractivity (Wildman–Crippen MR) is 164 cm³/mol. The van der Waals surface area contributed by atoms with Gasteiger partial charge in [-0.3, -0.25) is 0 Å². The number of hydrogen-bond donors (Lipinski definition) is 3. The number of methoxy groups -OCH3 is 1. The van der Waals surface area contributed by atoms with Crippen molar-refractivity contribution in [1.29, 1.82) is 0 Å². The molecule has 42 heavy (non-hydrogen) atoms. The first kappa shape index (κ1) is 27.6. The maximum absolute atomic E-state index is 13.4. The van der Waals surface area contributed by atoms with Gasteiger partial charge in [-0.05, 0) is 74.8 Å². The van der Waals surface area contributed by atoms with Crippen LogP contribution in [0.15, 0.2) is 60.9 Å². The zero-order valence-corrected chi connectivity index (χ0v) is 23.8. The SMILES string of the molecule is COc1cc2c(Nc3nc4ccc(NC(=O)Nc5cccc(F)c5)cc4s3)ncnc2cc1OCCCN1CCCC1. The number of nitrogens with zero attached hydrogens (tertiary/aromatic N) is 4. The molecule has 12 heteroatoms. The van der Waals surface area contributed by atoms with Crippen molar-refractivity contribution >= 4 is 60.8 Å². The highest BCUT2D eigenvalue weighted by Crippen LogP contribution is 2.36. The molecular weight excluding hydrogens is 557 g/mol. The van der Waals surface area contributed by atoms with Gasteiger partial charge >= 0.3 is 6.03 Å². The van der Waals surface area contributed by atoms with Gasteiger partial charge in [-0.15, -0.1) is 0 Å². The highest BCUT2D eigenvalue weighted by molar-refractivity contribution is 7.22. The molecule has 10 nitrogen and oxygen atoms in total. The summed E-state index contributed by atoms with van der Waals surface area (Å²) in [6.45, 7) is 3.99. The molecule has 3 heterocycles. The first-order valence-electron chi connectivity index (χ1n) is 13.7. The molecule has 1 saturated heterocycles. The maximum Gasteiger partial charge on any atom is 0.323 e. The van der Waals surface area contributed by atoms with Crippen molar-refractivity contribution in [3.63, 3.8) is 0 Å². The Balaban J connectivity index is 1.14. The number of carbonyl (C=O) groups is 1. The molecule has 0 radical (unpaired) electrons. The number of urea groups is 1. The summed E-state index contributed by atoms with van der Waals surface area (Å²) in [4.78, 5) is 28.4. The molecule has 0 unspecified atom stereocenters. The fraction of sp³-hybridized carbons (Fsp3) is 0.267. The minimum atomic E-state index is -0.473. The van der Waals surface area contributed by atoms with Gasteiger partial charge in [0.05, 0.1) is 29.5 Å². The minimum Gasteiger partial charge on any atom is -0.493 e. The number of nitrogens with one attached hydrogen (secondary N) is 3. The number of benzene rings is 3. The van der Waals surface area contributed by atoms with E-state index in [1.54, 1.807) is 19.2 Å². The van der Waals surface area contributed by atoms with E-state index in [1.807, 2.05) is 24.3 Å². The highest BCUT2D eigenvalue weighted by Gasteiger charge is 2.15. The molecule has 1 aliphatic heterocycles. The summed E-state index contributed by atoms with van der Waals surface area (Å²) in [5, 5.41) is 10.1. The van der Waals surface area contributed by atoms with Crippen molar-refractivity contribution in [3.05, 3.63) is 66.7 Å². The molecule has 3 aromatic carbocycles.